The Morgan fingerprint density at radius 2 is 1.71 bits per heavy atom. The van der Waals surface area contributed by atoms with E-state index in [4.69, 9.17) is 5.21 Å². The molecule has 3 atom stereocenters. The predicted octanol–water partition coefficient (Wildman–Crippen LogP) is 3.56. The maximum absolute atomic E-state index is 13.4. The smallest absolute Gasteiger partial charge is 0.261 e. The van der Waals surface area contributed by atoms with Gasteiger partial charge in [-0.15, -0.1) is 11.8 Å². The number of rotatable bonds is 5. The molecule has 1 heterocycles. The zero-order chi connectivity index (χ0) is 20.0. The second-order valence-electron chi connectivity index (χ2n) is 7.68. The van der Waals surface area contributed by atoms with Gasteiger partial charge in [0.05, 0.1) is 5.25 Å². The third kappa shape index (κ3) is 5.28. The Kier molecular flexibility index (Phi) is 7.79. The van der Waals surface area contributed by atoms with Gasteiger partial charge in [0.15, 0.2) is 0 Å². The van der Waals surface area contributed by atoms with E-state index in [0.29, 0.717) is 31.1 Å². The first-order valence-corrected chi connectivity index (χ1v) is 12.6. The number of benzene rings is 1. The number of carbonyl (C=O) groups is 1. The molecule has 1 amide bonds. The summed E-state index contributed by atoms with van der Waals surface area (Å²) in [5.41, 5.74) is 1.65. The van der Waals surface area contributed by atoms with Gasteiger partial charge in [0.25, 0.3) is 5.91 Å². The van der Waals surface area contributed by atoms with Crippen LogP contribution in [0.1, 0.15) is 57.8 Å². The molecule has 0 aromatic heterocycles. The Morgan fingerprint density at radius 3 is 2.46 bits per heavy atom. The van der Waals surface area contributed by atoms with Crippen molar-refractivity contribution in [1.29, 1.82) is 0 Å². The molecule has 1 saturated carbocycles. The summed E-state index contributed by atoms with van der Waals surface area (Å²) in [7, 11) is -3.57. The summed E-state index contributed by atoms with van der Waals surface area (Å²) in [6.07, 6.45) is 7.16. The molecule has 0 bridgehead atoms. The first-order valence-electron chi connectivity index (χ1n) is 10.2. The van der Waals surface area contributed by atoms with Gasteiger partial charge in [0.1, 0.15) is 6.04 Å². The van der Waals surface area contributed by atoms with Crippen LogP contribution in [0.4, 0.5) is 0 Å². The molecule has 1 aromatic rings. The Morgan fingerprint density at radius 1 is 1.00 bits per heavy atom. The fraction of sp³-hybridized carbons (Fsp3) is 0.650. The molecular formula is C20H30N2O4S2. The largest absolute Gasteiger partial charge is 0.289 e. The Labute approximate surface area is 172 Å². The summed E-state index contributed by atoms with van der Waals surface area (Å²) in [5, 5.41) is 8.98. The summed E-state index contributed by atoms with van der Waals surface area (Å²) in [6.45, 7) is 0.360. The molecule has 2 N–H and O–H groups in total. The molecular weight excluding hydrogens is 396 g/mol. The number of hydroxylamine groups is 1. The lowest BCUT2D eigenvalue weighted by atomic mass is 10.00. The van der Waals surface area contributed by atoms with E-state index in [1.807, 2.05) is 30.0 Å². The average Bonchev–Trinajstić information content (AvgIpc) is 2.70. The number of nitrogens with zero attached hydrogens (tertiary/aromatic N) is 1. The summed E-state index contributed by atoms with van der Waals surface area (Å²) in [5.74, 6) is -0.619. The predicted molar refractivity (Wildman–Crippen MR) is 111 cm³/mol. The fourth-order valence-corrected chi connectivity index (χ4v) is 7.71. The van der Waals surface area contributed by atoms with Gasteiger partial charge in [-0.1, -0.05) is 37.5 Å². The highest BCUT2D eigenvalue weighted by Crippen LogP contribution is 2.35. The number of sulfonamides is 1. The number of hydrogen-bond acceptors (Lipinski definition) is 5. The van der Waals surface area contributed by atoms with Gasteiger partial charge < -0.3 is 0 Å². The van der Waals surface area contributed by atoms with E-state index in [1.165, 1.54) is 9.20 Å². The van der Waals surface area contributed by atoms with Gasteiger partial charge in [0, 0.05) is 16.7 Å². The third-order valence-electron chi connectivity index (χ3n) is 5.77. The number of amides is 1. The molecule has 1 aromatic carbocycles. The lowest BCUT2D eigenvalue weighted by Gasteiger charge is -2.36. The topological polar surface area (TPSA) is 86.7 Å². The zero-order valence-corrected chi connectivity index (χ0v) is 17.8. The standard InChI is InChI=1S/C20H30N2O4S2/c23-20(21-24)19-12-6-7-15-22(19)28(25,26)18-11-5-4-10-17(13-14-18)27-16-8-2-1-3-9-16/h1-3,8-9,17-19,24H,4-7,10-15H2,(H,21,23). The molecule has 6 nitrogen and oxygen atoms in total. The lowest BCUT2D eigenvalue weighted by Crippen LogP contribution is -2.53. The Balaban J connectivity index is 1.69. The zero-order valence-electron chi connectivity index (χ0n) is 16.1. The van der Waals surface area contributed by atoms with E-state index in [-0.39, 0.29) is 0 Å². The van der Waals surface area contributed by atoms with Crippen molar-refractivity contribution in [3.63, 3.8) is 0 Å². The minimum atomic E-state index is -3.57. The van der Waals surface area contributed by atoms with Crippen LogP contribution < -0.4 is 5.48 Å². The van der Waals surface area contributed by atoms with Crippen LogP contribution >= 0.6 is 11.8 Å². The summed E-state index contributed by atoms with van der Waals surface area (Å²) in [6, 6.07) is 9.47. The van der Waals surface area contributed by atoms with Crippen molar-refractivity contribution in [2.75, 3.05) is 6.54 Å². The molecule has 0 spiro atoms. The lowest BCUT2D eigenvalue weighted by molar-refractivity contribution is -0.134. The van der Waals surface area contributed by atoms with Crippen LogP contribution in [0.25, 0.3) is 0 Å². The van der Waals surface area contributed by atoms with Gasteiger partial charge in [-0.05, 0) is 50.7 Å². The molecule has 28 heavy (non-hydrogen) atoms. The SMILES string of the molecule is O=C(NO)C1CCCCN1S(=O)(=O)C1CCCCC(Sc2ccccc2)CC1. The van der Waals surface area contributed by atoms with Gasteiger partial charge in [-0.25, -0.2) is 13.9 Å². The van der Waals surface area contributed by atoms with Crippen LogP contribution in [-0.4, -0.2) is 46.9 Å². The maximum Gasteiger partial charge on any atom is 0.261 e. The number of nitrogens with one attached hydrogen (secondary N) is 1. The van der Waals surface area contributed by atoms with Crippen molar-refractivity contribution >= 4 is 27.7 Å². The van der Waals surface area contributed by atoms with Crippen molar-refractivity contribution in [2.24, 2.45) is 0 Å². The van der Waals surface area contributed by atoms with Gasteiger partial charge in [-0.3, -0.25) is 10.0 Å². The van der Waals surface area contributed by atoms with Crippen LogP contribution in [0.15, 0.2) is 35.2 Å². The molecule has 1 aliphatic heterocycles. The van der Waals surface area contributed by atoms with Gasteiger partial charge in [0.2, 0.25) is 10.0 Å². The number of carbonyl (C=O) groups excluding carboxylic acids is 1. The van der Waals surface area contributed by atoms with Crippen LogP contribution in [0.2, 0.25) is 0 Å². The Hall–Kier alpha value is -1.09. The second-order valence-corrected chi connectivity index (χ2v) is 11.2. The van der Waals surface area contributed by atoms with Crippen LogP contribution in [0.5, 0.6) is 0 Å². The Bertz CT molecular complexity index is 742. The minimum absolute atomic E-state index is 0.360. The average molecular weight is 427 g/mol. The minimum Gasteiger partial charge on any atom is -0.289 e. The third-order valence-corrected chi connectivity index (χ3v) is 9.53. The molecule has 8 heteroatoms. The van der Waals surface area contributed by atoms with Crippen molar-refractivity contribution < 1.29 is 18.4 Å². The second kappa shape index (κ2) is 10.1. The highest BCUT2D eigenvalue weighted by molar-refractivity contribution is 8.00. The monoisotopic (exact) mass is 426 g/mol. The number of hydrogen-bond donors (Lipinski definition) is 2. The molecule has 2 fully saturated rings. The highest BCUT2D eigenvalue weighted by atomic mass is 32.2. The summed E-state index contributed by atoms with van der Waals surface area (Å²) < 4.78 is 28.1. The first-order chi connectivity index (χ1) is 13.5. The normalized spacial score (nSPS) is 27.5. The molecule has 2 aliphatic rings. The van der Waals surface area contributed by atoms with E-state index in [9.17, 15) is 13.2 Å². The molecule has 3 unspecified atom stereocenters. The number of piperidine rings is 1. The molecule has 156 valence electrons. The highest BCUT2D eigenvalue weighted by Gasteiger charge is 2.41. The molecule has 1 aliphatic carbocycles. The van der Waals surface area contributed by atoms with Crippen LogP contribution in [0.3, 0.4) is 0 Å². The fourth-order valence-electron chi connectivity index (χ4n) is 4.25. The summed E-state index contributed by atoms with van der Waals surface area (Å²) in [4.78, 5) is 13.2. The van der Waals surface area contributed by atoms with E-state index >= 15 is 0 Å². The first kappa shape index (κ1) is 21.6. The van der Waals surface area contributed by atoms with E-state index in [2.05, 4.69) is 12.1 Å². The van der Waals surface area contributed by atoms with E-state index < -0.39 is 27.2 Å². The van der Waals surface area contributed by atoms with Gasteiger partial charge in [-0.2, -0.15) is 4.31 Å². The summed E-state index contributed by atoms with van der Waals surface area (Å²) >= 11 is 1.84. The molecule has 0 radical (unpaired) electrons. The van der Waals surface area contributed by atoms with Crippen molar-refractivity contribution in [2.45, 2.75) is 79.2 Å². The van der Waals surface area contributed by atoms with Crippen molar-refractivity contribution in [1.82, 2.24) is 9.79 Å². The van der Waals surface area contributed by atoms with Gasteiger partial charge >= 0.3 is 0 Å². The van der Waals surface area contributed by atoms with Crippen LogP contribution in [-0.2, 0) is 14.8 Å². The van der Waals surface area contributed by atoms with Crippen molar-refractivity contribution in [3.05, 3.63) is 30.3 Å². The molecule has 3 rings (SSSR count). The maximum atomic E-state index is 13.4. The van der Waals surface area contributed by atoms with E-state index in [0.717, 1.165) is 38.5 Å². The molecule has 1 saturated heterocycles. The van der Waals surface area contributed by atoms with Crippen LogP contribution in [0, 0.1) is 0 Å². The van der Waals surface area contributed by atoms with Crippen molar-refractivity contribution in [3.8, 4) is 0 Å². The number of thioether (sulfide) groups is 1. The quantitative estimate of drug-likeness (QED) is 0.555. The van der Waals surface area contributed by atoms with E-state index in [1.54, 1.807) is 5.48 Å².